The van der Waals surface area contributed by atoms with Gasteiger partial charge in [0.15, 0.2) is 0 Å². The van der Waals surface area contributed by atoms with Gasteiger partial charge in [-0.05, 0) is 6.92 Å². The molecule has 1 heterocycles. The van der Waals surface area contributed by atoms with E-state index in [0.29, 0.717) is 6.54 Å². The highest BCUT2D eigenvalue weighted by molar-refractivity contribution is 5.87. The fourth-order valence-corrected chi connectivity index (χ4v) is 1.52. The second-order valence-corrected chi connectivity index (χ2v) is 3.57. The normalized spacial score (nSPS) is 19.4. The van der Waals surface area contributed by atoms with Gasteiger partial charge in [-0.2, -0.15) is 0 Å². The number of carbonyl (C=O) groups excluding carboxylic acids is 2. The molecule has 0 bridgehead atoms. The van der Waals surface area contributed by atoms with E-state index < -0.39 is 12.0 Å². The number of aliphatic carboxylic acids is 1. The van der Waals surface area contributed by atoms with Gasteiger partial charge in [0.2, 0.25) is 11.8 Å². The molecule has 1 atom stereocenters. The van der Waals surface area contributed by atoms with E-state index in [2.05, 4.69) is 5.32 Å². The van der Waals surface area contributed by atoms with Gasteiger partial charge in [0.05, 0.1) is 13.0 Å². The van der Waals surface area contributed by atoms with Gasteiger partial charge in [-0.15, -0.1) is 0 Å². The van der Waals surface area contributed by atoms with Crippen LogP contribution in [0.3, 0.4) is 0 Å². The molecule has 2 amide bonds. The van der Waals surface area contributed by atoms with Gasteiger partial charge in [0.1, 0.15) is 0 Å². The highest BCUT2D eigenvalue weighted by Gasteiger charge is 2.26. The lowest BCUT2D eigenvalue weighted by Gasteiger charge is -2.25. The molecular formula is C9H14N2O4. The second kappa shape index (κ2) is 4.77. The van der Waals surface area contributed by atoms with Crippen LogP contribution >= 0.6 is 0 Å². The quantitative estimate of drug-likeness (QED) is 0.643. The molecule has 0 radical (unpaired) electrons. The van der Waals surface area contributed by atoms with Crippen molar-refractivity contribution in [3.8, 4) is 0 Å². The number of rotatable bonds is 3. The van der Waals surface area contributed by atoms with E-state index in [-0.39, 0.29) is 31.2 Å². The molecule has 0 aromatic rings. The van der Waals surface area contributed by atoms with Crippen molar-refractivity contribution < 1.29 is 19.5 Å². The van der Waals surface area contributed by atoms with Crippen LogP contribution in [0.25, 0.3) is 0 Å². The van der Waals surface area contributed by atoms with Crippen LogP contribution in [-0.2, 0) is 14.4 Å². The molecule has 2 N–H and O–H groups in total. The Morgan fingerprint density at radius 2 is 2.27 bits per heavy atom. The molecule has 1 aliphatic rings. The molecule has 0 aliphatic carbocycles. The average molecular weight is 214 g/mol. The van der Waals surface area contributed by atoms with Gasteiger partial charge >= 0.3 is 5.97 Å². The molecule has 1 fully saturated rings. The standard InChI is InChI=1S/C9H14N2O4/c1-6(4-9(14)15)11-5-7(12)10-3-2-8(11)13/h6H,2-5H2,1H3,(H,10,12)(H,14,15). The van der Waals surface area contributed by atoms with E-state index in [1.54, 1.807) is 6.92 Å². The van der Waals surface area contributed by atoms with Crippen molar-refractivity contribution in [2.45, 2.75) is 25.8 Å². The number of hydrogen-bond acceptors (Lipinski definition) is 3. The summed E-state index contributed by atoms with van der Waals surface area (Å²) >= 11 is 0. The predicted octanol–water partition coefficient (Wildman–Crippen LogP) is -0.802. The third kappa shape index (κ3) is 3.23. The van der Waals surface area contributed by atoms with E-state index in [4.69, 9.17) is 5.11 Å². The van der Waals surface area contributed by atoms with E-state index in [1.807, 2.05) is 0 Å². The topological polar surface area (TPSA) is 86.7 Å². The van der Waals surface area contributed by atoms with E-state index in [1.165, 1.54) is 4.90 Å². The largest absolute Gasteiger partial charge is 0.481 e. The summed E-state index contributed by atoms with van der Waals surface area (Å²) in [7, 11) is 0. The average Bonchev–Trinajstić information content (AvgIpc) is 2.27. The minimum absolute atomic E-state index is 0.0483. The molecule has 0 saturated carbocycles. The van der Waals surface area contributed by atoms with Crippen LogP contribution < -0.4 is 5.32 Å². The fourth-order valence-electron chi connectivity index (χ4n) is 1.52. The van der Waals surface area contributed by atoms with Crippen molar-refractivity contribution in [2.75, 3.05) is 13.1 Å². The molecule has 6 heteroatoms. The van der Waals surface area contributed by atoms with Gasteiger partial charge in [0, 0.05) is 19.0 Å². The molecule has 1 unspecified atom stereocenters. The molecule has 15 heavy (non-hydrogen) atoms. The lowest BCUT2D eigenvalue weighted by Crippen LogP contribution is -2.42. The highest BCUT2D eigenvalue weighted by atomic mass is 16.4. The Kier molecular flexibility index (Phi) is 3.65. The Labute approximate surface area is 87.2 Å². The zero-order valence-electron chi connectivity index (χ0n) is 8.52. The smallest absolute Gasteiger partial charge is 0.305 e. The predicted molar refractivity (Wildman–Crippen MR) is 51.1 cm³/mol. The van der Waals surface area contributed by atoms with Gasteiger partial charge < -0.3 is 15.3 Å². The number of carboxylic acid groups (broad SMARTS) is 1. The van der Waals surface area contributed by atoms with Crippen LogP contribution in [0.1, 0.15) is 19.8 Å². The van der Waals surface area contributed by atoms with Crippen LogP contribution in [0.5, 0.6) is 0 Å². The maximum atomic E-state index is 11.5. The minimum atomic E-state index is -0.972. The van der Waals surface area contributed by atoms with Crippen molar-refractivity contribution in [2.24, 2.45) is 0 Å². The van der Waals surface area contributed by atoms with E-state index >= 15 is 0 Å². The number of nitrogens with zero attached hydrogens (tertiary/aromatic N) is 1. The summed E-state index contributed by atoms with van der Waals surface area (Å²) in [5.41, 5.74) is 0. The molecule has 0 aromatic carbocycles. The summed E-state index contributed by atoms with van der Waals surface area (Å²) < 4.78 is 0. The molecule has 1 saturated heterocycles. The van der Waals surface area contributed by atoms with Gasteiger partial charge in [0.25, 0.3) is 0 Å². The maximum absolute atomic E-state index is 11.5. The number of carbonyl (C=O) groups is 3. The van der Waals surface area contributed by atoms with Crippen molar-refractivity contribution in [3.63, 3.8) is 0 Å². The Morgan fingerprint density at radius 3 is 2.87 bits per heavy atom. The van der Waals surface area contributed by atoms with Gasteiger partial charge in [-0.25, -0.2) is 0 Å². The molecule has 0 spiro atoms. The maximum Gasteiger partial charge on any atom is 0.305 e. The summed E-state index contributed by atoms with van der Waals surface area (Å²) in [6.07, 6.45) is 0.0920. The minimum Gasteiger partial charge on any atom is -0.481 e. The zero-order valence-corrected chi connectivity index (χ0v) is 8.52. The number of nitrogens with one attached hydrogen (secondary N) is 1. The summed E-state index contributed by atoms with van der Waals surface area (Å²) in [5, 5.41) is 11.2. The van der Waals surface area contributed by atoms with Crippen LogP contribution in [0.4, 0.5) is 0 Å². The molecular weight excluding hydrogens is 200 g/mol. The second-order valence-electron chi connectivity index (χ2n) is 3.57. The summed E-state index contributed by atoms with van der Waals surface area (Å²) in [4.78, 5) is 34.5. The zero-order chi connectivity index (χ0) is 11.4. The van der Waals surface area contributed by atoms with E-state index in [9.17, 15) is 14.4 Å². The number of amides is 2. The third-order valence-electron chi connectivity index (χ3n) is 2.30. The van der Waals surface area contributed by atoms with Crippen molar-refractivity contribution in [1.82, 2.24) is 10.2 Å². The Balaban J connectivity index is 2.66. The van der Waals surface area contributed by atoms with Crippen LogP contribution in [0.15, 0.2) is 0 Å². The first kappa shape index (κ1) is 11.5. The molecule has 6 nitrogen and oxygen atoms in total. The number of carboxylic acids is 1. The highest BCUT2D eigenvalue weighted by Crippen LogP contribution is 2.08. The first-order valence-corrected chi connectivity index (χ1v) is 4.78. The van der Waals surface area contributed by atoms with Gasteiger partial charge in [-0.1, -0.05) is 0 Å². The summed E-state index contributed by atoms with van der Waals surface area (Å²) in [6, 6.07) is -0.446. The van der Waals surface area contributed by atoms with Crippen LogP contribution in [-0.4, -0.2) is 46.9 Å². The van der Waals surface area contributed by atoms with Crippen molar-refractivity contribution in [3.05, 3.63) is 0 Å². The third-order valence-corrected chi connectivity index (χ3v) is 2.30. The molecule has 1 aliphatic heterocycles. The molecule has 84 valence electrons. The van der Waals surface area contributed by atoms with Crippen LogP contribution in [0.2, 0.25) is 0 Å². The van der Waals surface area contributed by atoms with Gasteiger partial charge in [-0.3, -0.25) is 14.4 Å². The molecule has 1 rings (SSSR count). The first-order chi connectivity index (χ1) is 7.00. The summed E-state index contributed by atoms with van der Waals surface area (Å²) in [6.45, 7) is 1.91. The lowest BCUT2D eigenvalue weighted by molar-refractivity contribution is -0.141. The Morgan fingerprint density at radius 1 is 1.60 bits per heavy atom. The summed E-state index contributed by atoms with van der Waals surface area (Å²) in [5.74, 6) is -1.39. The lowest BCUT2D eigenvalue weighted by atomic mass is 10.2. The van der Waals surface area contributed by atoms with Crippen LogP contribution in [0, 0.1) is 0 Å². The van der Waals surface area contributed by atoms with E-state index in [0.717, 1.165) is 0 Å². The Hall–Kier alpha value is -1.59. The monoisotopic (exact) mass is 214 g/mol. The van der Waals surface area contributed by atoms with Crippen molar-refractivity contribution >= 4 is 17.8 Å². The SMILES string of the molecule is CC(CC(=O)O)N1CC(=O)NCCC1=O. The molecule has 0 aromatic heterocycles. The first-order valence-electron chi connectivity index (χ1n) is 4.78. The van der Waals surface area contributed by atoms with Crippen molar-refractivity contribution in [1.29, 1.82) is 0 Å². The fraction of sp³-hybridized carbons (Fsp3) is 0.667. The Bertz CT molecular complexity index is 290. The number of hydrogen-bond donors (Lipinski definition) is 2.